The van der Waals surface area contributed by atoms with Crippen LogP contribution in [0.5, 0.6) is 0 Å². The van der Waals surface area contributed by atoms with E-state index in [4.69, 9.17) is 0 Å². The Morgan fingerprint density at radius 1 is 1.06 bits per heavy atom. The number of carbonyl (C=O) groups is 1. The summed E-state index contributed by atoms with van der Waals surface area (Å²) in [6, 6.07) is 1.88. The van der Waals surface area contributed by atoms with Gasteiger partial charge in [0.15, 0.2) is 0 Å². The van der Waals surface area contributed by atoms with Gasteiger partial charge in [-0.15, -0.1) is 0 Å². The number of hydrogen-bond acceptors (Lipinski definition) is 2. The molecule has 3 heteroatoms. The molecule has 100 valence electrons. The summed E-state index contributed by atoms with van der Waals surface area (Å²) in [4.78, 5) is 14.7. The molecule has 3 nitrogen and oxygen atoms in total. The van der Waals surface area contributed by atoms with E-state index in [1.54, 1.807) is 0 Å². The van der Waals surface area contributed by atoms with Gasteiger partial charge < -0.3 is 10.2 Å². The number of carbonyl (C=O) groups excluding carboxylic acids is 1. The molecule has 18 heavy (non-hydrogen) atoms. The number of hydrogen-bond donors (Lipinski definition) is 1. The summed E-state index contributed by atoms with van der Waals surface area (Å²) in [5, 5.41) is 3.66. The molecule has 1 amide bonds. The molecule has 0 aromatic rings. The van der Waals surface area contributed by atoms with E-state index in [0.29, 0.717) is 30.0 Å². The molecule has 4 atom stereocenters. The molecule has 0 aromatic heterocycles. The lowest BCUT2D eigenvalue weighted by Gasteiger charge is -2.36. The number of nitrogens with one attached hydrogen (secondary N) is 1. The zero-order chi connectivity index (χ0) is 12.3. The first-order valence-corrected chi connectivity index (χ1v) is 7.77. The van der Waals surface area contributed by atoms with E-state index in [9.17, 15) is 4.79 Å². The van der Waals surface area contributed by atoms with E-state index in [0.717, 1.165) is 11.8 Å². The minimum Gasteiger partial charge on any atom is -0.342 e. The highest BCUT2D eigenvalue weighted by Gasteiger charge is 2.57. The van der Waals surface area contributed by atoms with Gasteiger partial charge in [0.2, 0.25) is 5.91 Å². The second-order valence-corrected chi connectivity index (χ2v) is 7.00. The molecular weight excluding hydrogens is 224 g/mol. The predicted octanol–water partition coefficient (Wildman–Crippen LogP) is 1.77. The molecule has 0 radical (unpaired) electrons. The third kappa shape index (κ3) is 1.63. The van der Waals surface area contributed by atoms with Crippen LogP contribution in [0.1, 0.15) is 44.9 Å². The van der Waals surface area contributed by atoms with Crippen molar-refractivity contribution in [2.24, 2.45) is 17.8 Å². The Balaban J connectivity index is 1.41. The third-order valence-corrected chi connectivity index (χ3v) is 6.04. The summed E-state index contributed by atoms with van der Waals surface area (Å²) in [7, 11) is 2.06. The number of piperidine rings is 1. The van der Waals surface area contributed by atoms with Crippen LogP contribution in [0.4, 0.5) is 0 Å². The lowest BCUT2D eigenvalue weighted by atomic mass is 9.97. The van der Waals surface area contributed by atoms with Gasteiger partial charge in [0.25, 0.3) is 0 Å². The van der Waals surface area contributed by atoms with Crippen molar-refractivity contribution in [3.8, 4) is 0 Å². The molecule has 2 aliphatic carbocycles. The second kappa shape index (κ2) is 3.96. The Hall–Kier alpha value is -0.570. The van der Waals surface area contributed by atoms with Crippen LogP contribution in [-0.2, 0) is 4.79 Å². The Morgan fingerprint density at radius 3 is 2.28 bits per heavy atom. The molecule has 2 heterocycles. The van der Waals surface area contributed by atoms with E-state index in [2.05, 4.69) is 17.3 Å². The zero-order valence-corrected chi connectivity index (χ0v) is 11.3. The van der Waals surface area contributed by atoms with Crippen molar-refractivity contribution < 1.29 is 4.79 Å². The fourth-order valence-electron chi connectivity index (χ4n) is 4.95. The number of amides is 1. The van der Waals surface area contributed by atoms with Crippen molar-refractivity contribution in [2.45, 2.75) is 63.1 Å². The zero-order valence-electron chi connectivity index (χ0n) is 11.3. The molecule has 2 saturated carbocycles. The van der Waals surface area contributed by atoms with Crippen molar-refractivity contribution in [3.63, 3.8) is 0 Å². The topological polar surface area (TPSA) is 32.3 Å². The Kier molecular flexibility index (Phi) is 2.48. The fraction of sp³-hybridized carbons (Fsp3) is 0.933. The van der Waals surface area contributed by atoms with Gasteiger partial charge in [0.05, 0.1) is 0 Å². The van der Waals surface area contributed by atoms with Crippen molar-refractivity contribution in [1.82, 2.24) is 10.2 Å². The van der Waals surface area contributed by atoms with Gasteiger partial charge >= 0.3 is 0 Å². The molecule has 0 spiro atoms. The van der Waals surface area contributed by atoms with Gasteiger partial charge in [-0.05, 0) is 50.4 Å². The van der Waals surface area contributed by atoms with E-state index in [1.807, 2.05) is 0 Å². The van der Waals surface area contributed by atoms with Gasteiger partial charge in [-0.1, -0.05) is 6.42 Å². The quantitative estimate of drug-likeness (QED) is 0.808. The molecule has 4 aliphatic rings. The van der Waals surface area contributed by atoms with E-state index in [-0.39, 0.29) is 0 Å². The number of rotatable bonds is 2. The largest absolute Gasteiger partial charge is 0.342 e. The lowest BCUT2D eigenvalue weighted by Crippen LogP contribution is -2.49. The highest BCUT2D eigenvalue weighted by molar-refractivity contribution is 5.82. The van der Waals surface area contributed by atoms with Crippen molar-refractivity contribution in [2.75, 3.05) is 7.05 Å². The fourth-order valence-corrected chi connectivity index (χ4v) is 4.95. The number of fused-ring (bicyclic) bond motifs is 3. The normalized spacial score (nSPS) is 48.9. The summed E-state index contributed by atoms with van der Waals surface area (Å²) in [5.74, 6) is 2.41. The molecule has 4 unspecified atom stereocenters. The summed E-state index contributed by atoms with van der Waals surface area (Å²) in [6.07, 6.45) is 8.98. The van der Waals surface area contributed by atoms with Crippen LogP contribution >= 0.6 is 0 Å². The van der Waals surface area contributed by atoms with Gasteiger partial charge in [-0.3, -0.25) is 4.79 Å². The average molecular weight is 248 g/mol. The first-order chi connectivity index (χ1) is 8.74. The third-order valence-electron chi connectivity index (χ3n) is 6.04. The van der Waals surface area contributed by atoms with Crippen LogP contribution in [0.25, 0.3) is 0 Å². The highest BCUT2D eigenvalue weighted by Crippen LogP contribution is 2.58. The van der Waals surface area contributed by atoms with Crippen LogP contribution in [0, 0.1) is 17.8 Å². The van der Waals surface area contributed by atoms with Crippen molar-refractivity contribution >= 4 is 5.91 Å². The van der Waals surface area contributed by atoms with Crippen LogP contribution in [0.3, 0.4) is 0 Å². The maximum Gasteiger partial charge on any atom is 0.226 e. The monoisotopic (exact) mass is 248 g/mol. The molecule has 2 aliphatic heterocycles. The minimum absolute atomic E-state index is 0.413. The highest BCUT2D eigenvalue weighted by atomic mass is 16.2. The first-order valence-electron chi connectivity index (χ1n) is 7.77. The smallest absolute Gasteiger partial charge is 0.226 e. The Bertz CT molecular complexity index is 348. The molecular formula is C15H24N2O. The van der Waals surface area contributed by atoms with E-state index < -0.39 is 0 Å². The molecule has 1 N–H and O–H groups in total. The summed E-state index contributed by atoms with van der Waals surface area (Å²) in [5.41, 5.74) is 0. The van der Waals surface area contributed by atoms with Crippen molar-refractivity contribution in [1.29, 1.82) is 0 Å². The summed E-state index contributed by atoms with van der Waals surface area (Å²) < 4.78 is 0. The van der Waals surface area contributed by atoms with E-state index in [1.165, 1.54) is 44.9 Å². The minimum atomic E-state index is 0.413. The predicted molar refractivity (Wildman–Crippen MR) is 70.1 cm³/mol. The molecule has 0 aromatic carbocycles. The maximum absolute atomic E-state index is 12.6. The summed E-state index contributed by atoms with van der Waals surface area (Å²) >= 11 is 0. The molecule has 4 rings (SSSR count). The molecule has 2 bridgehead atoms. The van der Waals surface area contributed by atoms with Crippen LogP contribution in [0.15, 0.2) is 0 Å². The van der Waals surface area contributed by atoms with Crippen LogP contribution < -0.4 is 5.32 Å². The van der Waals surface area contributed by atoms with Gasteiger partial charge in [-0.2, -0.15) is 0 Å². The summed E-state index contributed by atoms with van der Waals surface area (Å²) in [6.45, 7) is 0. The number of nitrogens with zero attached hydrogens (tertiary/aromatic N) is 1. The lowest BCUT2D eigenvalue weighted by molar-refractivity contribution is -0.134. The van der Waals surface area contributed by atoms with E-state index >= 15 is 0 Å². The SMILES string of the molecule is CN(C(=O)C1C2CCCC21)C1CC2CCC(C1)N2. The van der Waals surface area contributed by atoms with Crippen molar-refractivity contribution in [3.05, 3.63) is 0 Å². The van der Waals surface area contributed by atoms with Gasteiger partial charge in [0.1, 0.15) is 0 Å². The van der Waals surface area contributed by atoms with Gasteiger partial charge in [0, 0.05) is 31.1 Å². The Morgan fingerprint density at radius 2 is 1.67 bits per heavy atom. The maximum atomic E-state index is 12.6. The molecule has 2 saturated heterocycles. The van der Waals surface area contributed by atoms with Crippen LogP contribution in [0.2, 0.25) is 0 Å². The first kappa shape index (κ1) is 11.3. The Labute approximate surface area is 109 Å². The van der Waals surface area contributed by atoms with Gasteiger partial charge in [-0.25, -0.2) is 0 Å². The average Bonchev–Trinajstić information content (AvgIpc) is 2.73. The molecule has 4 fully saturated rings. The second-order valence-electron chi connectivity index (χ2n) is 7.00. The van der Waals surface area contributed by atoms with Crippen LogP contribution in [-0.4, -0.2) is 36.0 Å². The standard InChI is InChI=1S/C15H24N2O/c1-17(11-7-9-5-6-10(8-11)16-9)15(18)14-12-3-2-4-13(12)14/h9-14,16H,2-8H2,1H3.